The maximum absolute atomic E-state index is 12.2. The van der Waals surface area contributed by atoms with Gasteiger partial charge in [0.15, 0.2) is 17.3 Å². The molecule has 0 spiro atoms. The molecule has 1 fully saturated rings. The van der Waals surface area contributed by atoms with E-state index in [1.54, 1.807) is 20.4 Å². The van der Waals surface area contributed by atoms with Gasteiger partial charge in [-0.15, -0.1) is 0 Å². The summed E-state index contributed by atoms with van der Waals surface area (Å²) in [5.74, 6) is 1.77. The van der Waals surface area contributed by atoms with Gasteiger partial charge in [0, 0.05) is 6.04 Å². The van der Waals surface area contributed by atoms with Gasteiger partial charge in [-0.2, -0.15) is 0 Å². The number of methoxy groups -OCH3 is 2. The first-order valence-electron chi connectivity index (χ1n) is 9.73. The Bertz CT molecular complexity index is 1030. The van der Waals surface area contributed by atoms with E-state index in [1.165, 1.54) is 12.8 Å². The summed E-state index contributed by atoms with van der Waals surface area (Å²) in [6, 6.07) is 11.6. The Kier molecular flexibility index (Phi) is 5.46. The molecular formula is C22H24N4O3. The highest BCUT2D eigenvalue weighted by molar-refractivity contribution is 5.90. The lowest BCUT2D eigenvalue weighted by Crippen LogP contribution is -2.36. The van der Waals surface area contributed by atoms with Crippen molar-refractivity contribution < 1.29 is 14.3 Å². The lowest BCUT2D eigenvalue weighted by Gasteiger charge is -2.13. The number of nitrogens with one attached hydrogen (secondary N) is 2. The molecule has 2 amide bonds. The van der Waals surface area contributed by atoms with Crippen molar-refractivity contribution in [3.8, 4) is 22.6 Å². The number of carbonyl (C=O) groups is 1. The average molecular weight is 392 g/mol. The van der Waals surface area contributed by atoms with Crippen molar-refractivity contribution >= 4 is 22.9 Å². The molecule has 1 aliphatic rings. The summed E-state index contributed by atoms with van der Waals surface area (Å²) in [6.07, 6.45) is 5.98. The zero-order valence-corrected chi connectivity index (χ0v) is 16.6. The molecule has 0 saturated heterocycles. The third-order valence-electron chi connectivity index (χ3n) is 5.19. The molecule has 0 atom stereocenters. The fourth-order valence-electron chi connectivity index (χ4n) is 3.68. The van der Waals surface area contributed by atoms with Crippen LogP contribution >= 0.6 is 0 Å². The molecule has 0 unspecified atom stereocenters. The molecule has 1 saturated carbocycles. The van der Waals surface area contributed by atoms with Gasteiger partial charge in [0.25, 0.3) is 0 Å². The Morgan fingerprint density at radius 2 is 1.69 bits per heavy atom. The van der Waals surface area contributed by atoms with Gasteiger partial charge < -0.3 is 14.8 Å². The quantitative estimate of drug-likeness (QED) is 0.673. The minimum absolute atomic E-state index is 0.235. The summed E-state index contributed by atoms with van der Waals surface area (Å²) in [5, 5.41) is 5.79. The van der Waals surface area contributed by atoms with Crippen LogP contribution in [0.15, 0.2) is 42.6 Å². The number of urea groups is 1. The Morgan fingerprint density at radius 3 is 2.45 bits per heavy atom. The van der Waals surface area contributed by atoms with E-state index in [2.05, 4.69) is 20.6 Å². The van der Waals surface area contributed by atoms with Crippen LogP contribution in [0.25, 0.3) is 22.2 Å². The van der Waals surface area contributed by atoms with E-state index in [9.17, 15) is 4.79 Å². The molecule has 29 heavy (non-hydrogen) atoms. The third-order valence-corrected chi connectivity index (χ3v) is 5.19. The molecule has 150 valence electrons. The molecule has 7 heteroatoms. The van der Waals surface area contributed by atoms with Crippen molar-refractivity contribution in [2.45, 2.75) is 31.7 Å². The molecule has 1 heterocycles. The number of amides is 2. The van der Waals surface area contributed by atoms with E-state index in [0.717, 1.165) is 29.5 Å². The summed E-state index contributed by atoms with van der Waals surface area (Å²) in [5.41, 5.74) is 3.41. The molecule has 7 nitrogen and oxygen atoms in total. The molecule has 0 aliphatic heterocycles. The van der Waals surface area contributed by atoms with E-state index in [0.29, 0.717) is 22.8 Å². The summed E-state index contributed by atoms with van der Waals surface area (Å²) < 4.78 is 10.7. The smallest absolute Gasteiger partial charge is 0.320 e. The van der Waals surface area contributed by atoms with Gasteiger partial charge in [-0.3, -0.25) is 10.3 Å². The highest BCUT2D eigenvalue weighted by atomic mass is 16.5. The summed E-state index contributed by atoms with van der Waals surface area (Å²) in [6.45, 7) is 0. The van der Waals surface area contributed by atoms with Crippen molar-refractivity contribution in [1.29, 1.82) is 0 Å². The number of benzene rings is 2. The Morgan fingerprint density at radius 1 is 0.966 bits per heavy atom. The van der Waals surface area contributed by atoms with Crippen LogP contribution in [0.5, 0.6) is 11.5 Å². The number of rotatable bonds is 5. The highest BCUT2D eigenvalue weighted by Gasteiger charge is 2.17. The molecule has 0 radical (unpaired) electrons. The van der Waals surface area contributed by atoms with E-state index in [4.69, 9.17) is 9.47 Å². The standard InChI is InChI=1S/C22H24N4O3/c1-28-19-10-8-15(12-20(19)29-2)14-7-9-17-18(11-14)25-21(13-23-17)26-22(27)24-16-5-3-4-6-16/h7-13,16H,3-6H2,1-2H3,(H2,24,25,26,27). The van der Waals surface area contributed by atoms with E-state index >= 15 is 0 Å². The molecule has 3 aromatic rings. The van der Waals surface area contributed by atoms with Gasteiger partial charge in [-0.05, 0) is 48.2 Å². The van der Waals surface area contributed by atoms with E-state index in [-0.39, 0.29) is 12.1 Å². The maximum Gasteiger partial charge on any atom is 0.320 e. The number of carbonyl (C=O) groups excluding carboxylic acids is 1. The second kappa shape index (κ2) is 8.34. The van der Waals surface area contributed by atoms with Gasteiger partial charge in [0.05, 0.1) is 31.4 Å². The van der Waals surface area contributed by atoms with Gasteiger partial charge in [0.1, 0.15) is 0 Å². The molecule has 0 bridgehead atoms. The van der Waals surface area contributed by atoms with Crippen LogP contribution in [0, 0.1) is 0 Å². The van der Waals surface area contributed by atoms with Gasteiger partial charge in [-0.1, -0.05) is 25.0 Å². The number of aromatic nitrogens is 2. The first-order chi connectivity index (χ1) is 14.2. The van der Waals surface area contributed by atoms with Crippen molar-refractivity contribution in [2.24, 2.45) is 0 Å². The fraction of sp³-hybridized carbons (Fsp3) is 0.318. The summed E-state index contributed by atoms with van der Waals surface area (Å²) in [4.78, 5) is 21.2. The lowest BCUT2D eigenvalue weighted by molar-refractivity contribution is 0.248. The Labute approximate surface area is 169 Å². The third kappa shape index (κ3) is 4.23. The topological polar surface area (TPSA) is 85.4 Å². The predicted molar refractivity (Wildman–Crippen MR) is 112 cm³/mol. The monoisotopic (exact) mass is 392 g/mol. The summed E-state index contributed by atoms with van der Waals surface area (Å²) >= 11 is 0. The van der Waals surface area contributed by atoms with Crippen molar-refractivity contribution in [3.63, 3.8) is 0 Å². The first kappa shape index (κ1) is 19.0. The van der Waals surface area contributed by atoms with Gasteiger partial charge in [-0.25, -0.2) is 9.78 Å². The van der Waals surface area contributed by atoms with Crippen molar-refractivity contribution in [2.75, 3.05) is 19.5 Å². The maximum atomic E-state index is 12.2. The van der Waals surface area contributed by atoms with E-state index < -0.39 is 0 Å². The van der Waals surface area contributed by atoms with Crippen LogP contribution in [0.4, 0.5) is 10.6 Å². The Hall–Kier alpha value is -3.35. The predicted octanol–water partition coefficient (Wildman–Crippen LogP) is 4.38. The number of anilines is 1. The van der Waals surface area contributed by atoms with Crippen LogP contribution < -0.4 is 20.1 Å². The normalized spacial score (nSPS) is 14.0. The highest BCUT2D eigenvalue weighted by Crippen LogP contribution is 2.33. The van der Waals surface area contributed by atoms with Gasteiger partial charge >= 0.3 is 6.03 Å². The second-order valence-corrected chi connectivity index (χ2v) is 7.11. The zero-order valence-electron chi connectivity index (χ0n) is 16.6. The molecule has 4 rings (SSSR count). The zero-order chi connectivity index (χ0) is 20.2. The van der Waals surface area contributed by atoms with E-state index in [1.807, 2.05) is 36.4 Å². The Balaban J connectivity index is 1.57. The number of fused-ring (bicyclic) bond motifs is 1. The fourth-order valence-corrected chi connectivity index (χ4v) is 3.68. The van der Waals surface area contributed by atoms with Crippen LogP contribution in [0.2, 0.25) is 0 Å². The number of nitrogens with zero attached hydrogens (tertiary/aromatic N) is 2. The van der Waals surface area contributed by atoms with Gasteiger partial charge in [0.2, 0.25) is 0 Å². The molecule has 1 aliphatic carbocycles. The number of ether oxygens (including phenoxy) is 2. The molecule has 1 aromatic heterocycles. The minimum Gasteiger partial charge on any atom is -0.493 e. The molecule has 2 aromatic carbocycles. The van der Waals surface area contributed by atoms with Crippen LogP contribution in [0.3, 0.4) is 0 Å². The minimum atomic E-state index is -0.235. The summed E-state index contributed by atoms with van der Waals surface area (Å²) in [7, 11) is 3.22. The van der Waals surface area contributed by atoms with Crippen LogP contribution in [0.1, 0.15) is 25.7 Å². The van der Waals surface area contributed by atoms with Crippen molar-refractivity contribution in [1.82, 2.24) is 15.3 Å². The first-order valence-corrected chi connectivity index (χ1v) is 9.73. The second-order valence-electron chi connectivity index (χ2n) is 7.11. The average Bonchev–Trinajstić information content (AvgIpc) is 3.25. The number of hydrogen-bond acceptors (Lipinski definition) is 5. The lowest BCUT2D eigenvalue weighted by atomic mass is 10.0. The number of hydrogen-bond donors (Lipinski definition) is 2. The largest absolute Gasteiger partial charge is 0.493 e. The molecular weight excluding hydrogens is 368 g/mol. The van der Waals surface area contributed by atoms with Crippen molar-refractivity contribution in [3.05, 3.63) is 42.6 Å². The SMILES string of the molecule is COc1ccc(-c2ccc3ncc(NC(=O)NC4CCCC4)nc3c2)cc1OC. The van der Waals surface area contributed by atoms with Crippen LogP contribution in [-0.4, -0.2) is 36.3 Å². The van der Waals surface area contributed by atoms with Crippen LogP contribution in [-0.2, 0) is 0 Å². The molecule has 2 N–H and O–H groups in total.